The molecule has 0 spiro atoms. The number of aliphatic hydroxyl groups excluding tert-OH is 1. The first-order valence-electron chi connectivity index (χ1n) is 11.9. The summed E-state index contributed by atoms with van der Waals surface area (Å²) in [5, 5.41) is 19.4. The molecule has 0 saturated carbocycles. The van der Waals surface area contributed by atoms with Gasteiger partial charge in [-0.3, -0.25) is 14.5 Å². The van der Waals surface area contributed by atoms with E-state index in [0.29, 0.717) is 12.0 Å². The number of carbonyl (C=O) groups excluding carboxylic acids is 2. The second-order valence-electron chi connectivity index (χ2n) is 8.55. The third-order valence-corrected chi connectivity index (χ3v) is 5.71. The smallest absolute Gasteiger partial charge is 0.497 e. The quantitative estimate of drug-likeness (QED) is 0.168. The standard InChI is InChI=1S/C28H33N3O5/c1-5-21(17-23-13-10-14-24(18-23)35-4)15-20(3)16-25(32)31(19-22-11-8-7-9-12-22)27(33)26(30-29)28(34)36-6-2/h5,7-14,18,20-21H,1,6,15-17,19H2,2-4H3/p+1/t20-,21+/m1/s1. The lowest BCUT2D eigenvalue weighted by atomic mass is 9.88. The van der Waals surface area contributed by atoms with Crippen molar-refractivity contribution >= 4 is 11.8 Å². The molecule has 2 rings (SSSR count). The van der Waals surface area contributed by atoms with Crippen molar-refractivity contribution in [1.29, 1.82) is 5.39 Å². The number of benzene rings is 2. The van der Waals surface area contributed by atoms with E-state index in [-0.39, 0.29) is 31.4 Å². The van der Waals surface area contributed by atoms with E-state index in [1.54, 1.807) is 38.3 Å². The number of hydrogen-bond donors (Lipinski definition) is 1. The van der Waals surface area contributed by atoms with Crippen LogP contribution in [0.1, 0.15) is 37.8 Å². The Balaban J connectivity index is 2.18. The maximum atomic E-state index is 13.3. The SMILES string of the molecule is C=C[C@H](Cc1cccc(OC)c1)C[C@@H](C)CC(=O)N(Cc1ccccc1)C(=O)/C([N+]#N)=C(\O)OCC. The average Bonchev–Trinajstić information content (AvgIpc) is 2.88. The number of hydrogen-bond acceptors (Lipinski definition) is 6. The second-order valence-corrected chi connectivity index (χ2v) is 8.55. The van der Waals surface area contributed by atoms with Crippen LogP contribution in [0.5, 0.6) is 5.75 Å². The lowest BCUT2D eigenvalue weighted by molar-refractivity contribution is -0.144. The van der Waals surface area contributed by atoms with Crippen molar-refractivity contribution in [3.8, 4) is 5.75 Å². The van der Waals surface area contributed by atoms with Crippen LogP contribution in [-0.2, 0) is 27.3 Å². The molecule has 0 fully saturated rings. The molecule has 36 heavy (non-hydrogen) atoms. The number of nitrogens with zero attached hydrogens (tertiary/aromatic N) is 3. The molecule has 0 saturated heterocycles. The number of aliphatic hydroxyl groups is 1. The highest BCUT2D eigenvalue weighted by molar-refractivity contribution is 6.05. The van der Waals surface area contributed by atoms with Crippen molar-refractivity contribution in [3.05, 3.63) is 95.0 Å². The largest absolute Gasteiger partial charge is 0.528 e. The number of diazo groups is 1. The first-order chi connectivity index (χ1) is 17.3. The lowest BCUT2D eigenvalue weighted by Gasteiger charge is -2.22. The fourth-order valence-electron chi connectivity index (χ4n) is 3.92. The Morgan fingerprint density at radius 2 is 1.86 bits per heavy atom. The molecule has 1 N–H and O–H groups in total. The van der Waals surface area contributed by atoms with Crippen molar-refractivity contribution in [2.24, 2.45) is 11.8 Å². The van der Waals surface area contributed by atoms with Gasteiger partial charge in [0.1, 0.15) is 5.75 Å². The maximum absolute atomic E-state index is 13.3. The Bertz CT molecular complexity index is 1110. The van der Waals surface area contributed by atoms with Gasteiger partial charge in [0.05, 0.1) is 20.3 Å². The van der Waals surface area contributed by atoms with Gasteiger partial charge in [0, 0.05) is 6.42 Å². The molecule has 2 aromatic carbocycles. The Labute approximate surface area is 212 Å². The summed E-state index contributed by atoms with van der Waals surface area (Å²) < 4.78 is 10.2. The number of allylic oxidation sites excluding steroid dienone is 1. The maximum Gasteiger partial charge on any atom is 0.528 e. The predicted octanol–water partition coefficient (Wildman–Crippen LogP) is 5.63. The highest BCUT2D eigenvalue weighted by atomic mass is 16.6. The van der Waals surface area contributed by atoms with Gasteiger partial charge in [-0.25, -0.2) is 0 Å². The van der Waals surface area contributed by atoms with Gasteiger partial charge >= 0.3 is 17.5 Å². The van der Waals surface area contributed by atoms with Gasteiger partial charge in [-0.2, -0.15) is 0 Å². The van der Waals surface area contributed by atoms with E-state index in [4.69, 9.17) is 9.47 Å². The molecule has 2 aromatic rings. The van der Waals surface area contributed by atoms with E-state index in [1.807, 2.05) is 43.3 Å². The number of methoxy groups -OCH3 is 1. The molecule has 0 aromatic heterocycles. The molecule has 2 atom stereocenters. The van der Waals surface area contributed by atoms with Crippen LogP contribution in [0.2, 0.25) is 0 Å². The normalized spacial score (nSPS) is 12.9. The van der Waals surface area contributed by atoms with Crippen LogP contribution < -0.4 is 4.74 Å². The molecule has 0 aliphatic carbocycles. The van der Waals surface area contributed by atoms with Gasteiger partial charge < -0.3 is 14.6 Å². The highest BCUT2D eigenvalue weighted by Gasteiger charge is 2.38. The van der Waals surface area contributed by atoms with E-state index in [9.17, 15) is 20.1 Å². The number of ether oxygens (including phenoxy) is 2. The summed E-state index contributed by atoms with van der Waals surface area (Å²) >= 11 is 0. The van der Waals surface area contributed by atoms with Gasteiger partial charge in [-0.05, 0) is 54.9 Å². The number of imide groups is 1. The van der Waals surface area contributed by atoms with Crippen molar-refractivity contribution in [2.45, 2.75) is 39.7 Å². The zero-order valence-corrected chi connectivity index (χ0v) is 21.1. The minimum Gasteiger partial charge on any atom is -0.497 e. The Hall–Kier alpha value is -4.12. The molecule has 0 radical (unpaired) electrons. The highest BCUT2D eigenvalue weighted by Crippen LogP contribution is 2.24. The zero-order chi connectivity index (χ0) is 26.5. The monoisotopic (exact) mass is 492 g/mol. The Kier molecular flexibility index (Phi) is 11.2. The fourth-order valence-corrected chi connectivity index (χ4v) is 3.92. The van der Waals surface area contributed by atoms with E-state index in [1.165, 1.54) is 0 Å². The topological polar surface area (TPSA) is 104 Å². The van der Waals surface area contributed by atoms with Gasteiger partial charge in [0.25, 0.3) is 0 Å². The number of carbonyl (C=O) groups is 2. The summed E-state index contributed by atoms with van der Waals surface area (Å²) in [7, 11) is 1.62. The van der Waals surface area contributed by atoms with Crippen LogP contribution in [0.15, 0.2) is 78.9 Å². The molecule has 190 valence electrons. The summed E-state index contributed by atoms with van der Waals surface area (Å²) in [6.07, 6.45) is 3.37. The number of rotatable bonds is 13. The number of amides is 2. The third kappa shape index (κ3) is 8.27. The fraction of sp³-hybridized carbons (Fsp3) is 0.357. The van der Waals surface area contributed by atoms with E-state index < -0.39 is 23.5 Å². The van der Waals surface area contributed by atoms with Gasteiger partial charge in [-0.15, -0.1) is 6.58 Å². The van der Waals surface area contributed by atoms with Crippen LogP contribution in [0.25, 0.3) is 4.98 Å². The predicted molar refractivity (Wildman–Crippen MR) is 137 cm³/mol. The average molecular weight is 493 g/mol. The summed E-state index contributed by atoms with van der Waals surface area (Å²) in [6, 6.07) is 16.8. The van der Waals surface area contributed by atoms with Gasteiger partial charge in [0.2, 0.25) is 11.3 Å². The van der Waals surface area contributed by atoms with Crippen LogP contribution >= 0.6 is 0 Å². The van der Waals surface area contributed by atoms with E-state index in [2.05, 4.69) is 11.6 Å². The second kappa shape index (κ2) is 14.3. The molecular weight excluding hydrogens is 458 g/mol. The summed E-state index contributed by atoms with van der Waals surface area (Å²) in [5.74, 6) is -1.41. The molecule has 8 heteroatoms. The summed E-state index contributed by atoms with van der Waals surface area (Å²) in [6.45, 7) is 7.51. The molecule has 0 bridgehead atoms. The van der Waals surface area contributed by atoms with Gasteiger partial charge in [-0.1, -0.05) is 55.5 Å². The summed E-state index contributed by atoms with van der Waals surface area (Å²) in [5.41, 5.74) is 1.09. The molecular formula is C28H34N3O5+. The molecule has 0 aliphatic rings. The lowest BCUT2D eigenvalue weighted by Crippen LogP contribution is -2.38. The van der Waals surface area contributed by atoms with Gasteiger partial charge in [0.15, 0.2) is 4.98 Å². The summed E-state index contributed by atoms with van der Waals surface area (Å²) in [4.78, 5) is 30.3. The van der Waals surface area contributed by atoms with E-state index >= 15 is 0 Å². The van der Waals surface area contributed by atoms with Crippen LogP contribution in [0.4, 0.5) is 0 Å². The minimum absolute atomic E-state index is 0.0433. The first-order valence-corrected chi connectivity index (χ1v) is 11.9. The van der Waals surface area contributed by atoms with Crippen molar-refractivity contribution in [1.82, 2.24) is 4.90 Å². The zero-order valence-electron chi connectivity index (χ0n) is 21.1. The molecule has 2 amide bonds. The first kappa shape index (κ1) is 28.1. The molecule has 0 heterocycles. The van der Waals surface area contributed by atoms with Crippen LogP contribution in [-0.4, -0.2) is 35.5 Å². The van der Waals surface area contributed by atoms with Crippen LogP contribution in [0, 0.1) is 17.2 Å². The third-order valence-electron chi connectivity index (χ3n) is 5.71. The molecule has 0 aliphatic heterocycles. The van der Waals surface area contributed by atoms with Crippen molar-refractivity contribution in [3.63, 3.8) is 0 Å². The van der Waals surface area contributed by atoms with E-state index in [0.717, 1.165) is 22.6 Å². The molecule has 8 nitrogen and oxygen atoms in total. The van der Waals surface area contributed by atoms with Crippen molar-refractivity contribution in [2.75, 3.05) is 13.7 Å². The Morgan fingerprint density at radius 1 is 1.17 bits per heavy atom. The van der Waals surface area contributed by atoms with Crippen LogP contribution in [0.3, 0.4) is 0 Å². The Morgan fingerprint density at radius 3 is 2.47 bits per heavy atom. The molecule has 0 unspecified atom stereocenters. The van der Waals surface area contributed by atoms with Crippen molar-refractivity contribution < 1.29 is 24.2 Å². The minimum atomic E-state index is -0.943.